The SMILES string of the molecule is Nc1c(NC=O)n(CC2CC2)c(=O)[nH]c1=O. The van der Waals surface area contributed by atoms with E-state index in [0.29, 0.717) is 18.9 Å². The highest BCUT2D eigenvalue weighted by atomic mass is 16.2. The lowest BCUT2D eigenvalue weighted by molar-refractivity contribution is -0.105. The van der Waals surface area contributed by atoms with Gasteiger partial charge in [-0.15, -0.1) is 0 Å². The molecular formula is C9H12N4O3. The zero-order valence-corrected chi connectivity index (χ0v) is 8.53. The average Bonchev–Trinajstić information content (AvgIpc) is 3.04. The Morgan fingerprint density at radius 1 is 1.50 bits per heavy atom. The molecule has 1 amide bonds. The minimum Gasteiger partial charge on any atom is -0.391 e. The maximum Gasteiger partial charge on any atom is 0.330 e. The standard InChI is InChI=1S/C9H12N4O3/c10-6-7(11-4-14)13(3-5-1-2-5)9(16)12-8(6)15/h4-5H,1-3,10H2,(H,11,14)(H,12,15,16). The fraction of sp³-hybridized carbons (Fsp3) is 0.444. The molecule has 7 nitrogen and oxygen atoms in total. The number of nitrogens with zero attached hydrogens (tertiary/aromatic N) is 1. The van der Waals surface area contributed by atoms with Gasteiger partial charge in [0.05, 0.1) is 0 Å². The fourth-order valence-electron chi connectivity index (χ4n) is 1.53. The van der Waals surface area contributed by atoms with Crippen LogP contribution in [0.5, 0.6) is 0 Å². The molecule has 0 saturated heterocycles. The van der Waals surface area contributed by atoms with Gasteiger partial charge >= 0.3 is 5.69 Å². The lowest BCUT2D eigenvalue weighted by Gasteiger charge is -2.12. The van der Waals surface area contributed by atoms with E-state index in [1.165, 1.54) is 4.57 Å². The second-order valence-corrected chi connectivity index (χ2v) is 3.84. The van der Waals surface area contributed by atoms with Gasteiger partial charge in [-0.3, -0.25) is 19.1 Å². The summed E-state index contributed by atoms with van der Waals surface area (Å²) in [6.07, 6.45) is 2.49. The highest BCUT2D eigenvalue weighted by molar-refractivity contribution is 5.76. The van der Waals surface area contributed by atoms with Gasteiger partial charge in [0.25, 0.3) is 5.56 Å². The molecule has 0 spiro atoms. The van der Waals surface area contributed by atoms with Crippen LogP contribution in [0.2, 0.25) is 0 Å². The Morgan fingerprint density at radius 3 is 2.75 bits per heavy atom. The lowest BCUT2D eigenvalue weighted by Crippen LogP contribution is -2.34. The molecule has 2 rings (SSSR count). The van der Waals surface area contributed by atoms with E-state index in [1.807, 2.05) is 0 Å². The number of rotatable bonds is 4. The molecule has 1 aromatic heterocycles. The summed E-state index contributed by atoms with van der Waals surface area (Å²) in [5, 5.41) is 2.30. The summed E-state index contributed by atoms with van der Waals surface area (Å²) in [5.74, 6) is 0.505. The second kappa shape index (κ2) is 3.84. The quantitative estimate of drug-likeness (QED) is 0.575. The molecule has 1 fully saturated rings. The van der Waals surface area contributed by atoms with Gasteiger partial charge in [0.15, 0.2) is 0 Å². The molecule has 86 valence electrons. The van der Waals surface area contributed by atoms with Crippen LogP contribution in [0.3, 0.4) is 0 Å². The predicted molar refractivity (Wildman–Crippen MR) is 58.1 cm³/mol. The van der Waals surface area contributed by atoms with E-state index in [0.717, 1.165) is 12.8 Å². The van der Waals surface area contributed by atoms with E-state index >= 15 is 0 Å². The van der Waals surface area contributed by atoms with E-state index in [4.69, 9.17) is 5.73 Å². The summed E-state index contributed by atoms with van der Waals surface area (Å²) in [6.45, 7) is 0.468. The summed E-state index contributed by atoms with van der Waals surface area (Å²) in [5.41, 5.74) is 4.14. The number of nitrogens with one attached hydrogen (secondary N) is 2. The summed E-state index contributed by atoms with van der Waals surface area (Å²) >= 11 is 0. The molecule has 16 heavy (non-hydrogen) atoms. The van der Waals surface area contributed by atoms with E-state index in [2.05, 4.69) is 10.3 Å². The molecule has 0 atom stereocenters. The van der Waals surface area contributed by atoms with Gasteiger partial charge in [-0.2, -0.15) is 0 Å². The van der Waals surface area contributed by atoms with Gasteiger partial charge in [0.1, 0.15) is 11.5 Å². The van der Waals surface area contributed by atoms with Crippen molar-refractivity contribution in [3.63, 3.8) is 0 Å². The van der Waals surface area contributed by atoms with Gasteiger partial charge in [-0.1, -0.05) is 0 Å². The van der Waals surface area contributed by atoms with Crippen LogP contribution in [0.15, 0.2) is 9.59 Å². The van der Waals surface area contributed by atoms with Crippen molar-refractivity contribution in [2.24, 2.45) is 5.92 Å². The number of nitrogens with two attached hydrogens (primary N) is 1. The van der Waals surface area contributed by atoms with Crippen molar-refractivity contribution < 1.29 is 4.79 Å². The topological polar surface area (TPSA) is 110 Å². The zero-order chi connectivity index (χ0) is 11.7. The maximum atomic E-state index is 11.5. The van der Waals surface area contributed by atoms with Crippen LogP contribution in [0.4, 0.5) is 11.5 Å². The molecule has 0 aromatic carbocycles. The molecule has 1 aliphatic carbocycles. The Morgan fingerprint density at radius 2 is 2.19 bits per heavy atom. The van der Waals surface area contributed by atoms with Crippen molar-refractivity contribution in [3.8, 4) is 0 Å². The molecule has 1 aliphatic rings. The van der Waals surface area contributed by atoms with Crippen LogP contribution >= 0.6 is 0 Å². The normalized spacial score (nSPS) is 14.8. The van der Waals surface area contributed by atoms with Crippen molar-refractivity contribution in [3.05, 3.63) is 20.8 Å². The number of aromatic amines is 1. The van der Waals surface area contributed by atoms with Crippen molar-refractivity contribution in [2.75, 3.05) is 11.1 Å². The van der Waals surface area contributed by atoms with Gasteiger partial charge in [0, 0.05) is 6.54 Å². The van der Waals surface area contributed by atoms with Gasteiger partial charge in [-0.05, 0) is 18.8 Å². The first-order valence-electron chi connectivity index (χ1n) is 4.96. The van der Waals surface area contributed by atoms with E-state index in [-0.39, 0.29) is 11.5 Å². The first-order chi connectivity index (χ1) is 7.63. The van der Waals surface area contributed by atoms with E-state index in [9.17, 15) is 14.4 Å². The van der Waals surface area contributed by atoms with Crippen LogP contribution in [0.1, 0.15) is 12.8 Å². The molecule has 7 heteroatoms. The first-order valence-corrected chi connectivity index (χ1v) is 4.96. The summed E-state index contributed by atoms with van der Waals surface area (Å²) in [4.78, 5) is 35.3. The van der Waals surface area contributed by atoms with Crippen LogP contribution in [-0.2, 0) is 11.3 Å². The molecule has 1 aromatic rings. The number of hydrogen-bond donors (Lipinski definition) is 3. The molecule has 1 saturated carbocycles. The van der Waals surface area contributed by atoms with Crippen molar-refractivity contribution >= 4 is 17.9 Å². The Hall–Kier alpha value is -2.05. The van der Waals surface area contributed by atoms with Gasteiger partial charge in [0.2, 0.25) is 6.41 Å². The highest BCUT2D eigenvalue weighted by Gasteiger charge is 2.24. The monoisotopic (exact) mass is 224 g/mol. The minimum absolute atomic E-state index is 0.0793. The number of nitrogen functional groups attached to an aromatic ring is 1. The Balaban J connectivity index is 2.53. The Bertz CT molecular complexity index is 527. The first kappa shape index (κ1) is 10.5. The van der Waals surface area contributed by atoms with E-state index in [1.54, 1.807) is 0 Å². The van der Waals surface area contributed by atoms with Crippen molar-refractivity contribution in [1.82, 2.24) is 9.55 Å². The smallest absolute Gasteiger partial charge is 0.330 e. The average molecular weight is 224 g/mol. The third kappa shape index (κ3) is 1.83. The van der Waals surface area contributed by atoms with Crippen LogP contribution in [0.25, 0.3) is 0 Å². The van der Waals surface area contributed by atoms with Crippen molar-refractivity contribution in [1.29, 1.82) is 0 Å². The molecule has 4 N–H and O–H groups in total. The minimum atomic E-state index is -0.679. The number of anilines is 2. The van der Waals surface area contributed by atoms with E-state index < -0.39 is 11.2 Å². The third-order valence-electron chi connectivity index (χ3n) is 2.57. The van der Waals surface area contributed by atoms with Crippen LogP contribution in [0, 0.1) is 5.92 Å². The number of H-pyrrole nitrogens is 1. The van der Waals surface area contributed by atoms with Crippen LogP contribution < -0.4 is 22.3 Å². The fourth-order valence-corrected chi connectivity index (χ4v) is 1.53. The molecule has 1 heterocycles. The van der Waals surface area contributed by atoms with Gasteiger partial charge < -0.3 is 11.1 Å². The summed E-state index contributed by atoms with van der Waals surface area (Å²) in [7, 11) is 0. The number of carbonyl (C=O) groups is 1. The molecule has 0 radical (unpaired) electrons. The number of aromatic nitrogens is 2. The maximum absolute atomic E-state index is 11.5. The summed E-state index contributed by atoms with van der Waals surface area (Å²) in [6, 6.07) is 0. The third-order valence-corrected chi connectivity index (χ3v) is 2.57. The number of hydrogen-bond acceptors (Lipinski definition) is 4. The van der Waals surface area contributed by atoms with Crippen LogP contribution in [-0.4, -0.2) is 16.0 Å². The van der Waals surface area contributed by atoms with Crippen molar-refractivity contribution in [2.45, 2.75) is 19.4 Å². The number of amides is 1. The largest absolute Gasteiger partial charge is 0.391 e. The molecule has 0 unspecified atom stereocenters. The highest BCUT2D eigenvalue weighted by Crippen LogP contribution is 2.31. The summed E-state index contributed by atoms with van der Waals surface area (Å²) < 4.78 is 1.29. The zero-order valence-electron chi connectivity index (χ0n) is 8.53. The van der Waals surface area contributed by atoms with Gasteiger partial charge in [-0.25, -0.2) is 4.79 Å². The lowest BCUT2D eigenvalue weighted by atomic mass is 10.4. The number of carbonyl (C=O) groups excluding carboxylic acids is 1. The molecular weight excluding hydrogens is 212 g/mol. The molecule has 0 bridgehead atoms. The Kier molecular flexibility index (Phi) is 2.51. The molecule has 0 aliphatic heterocycles. The second-order valence-electron chi connectivity index (χ2n) is 3.84. The Labute approximate surface area is 90.3 Å². The predicted octanol–water partition coefficient (Wildman–Crippen LogP) is -0.903.